The number of carbonyl (C=O) groups excluding carboxylic acids is 2. The standard InChI is InChI=1S/C22H33NO5/c1-5-7-13-27-19-11-10-17(14-18(19)20(24)26-4)23-21(25)22(28-6-2)12-8-9-16(3)15-22/h10-11,14,16H,5-9,12-13,15H2,1-4H3,(H,23,25)/t16-,22-/m1/s1. The molecule has 0 aliphatic heterocycles. The number of anilines is 1. The highest BCUT2D eigenvalue weighted by Gasteiger charge is 2.42. The minimum absolute atomic E-state index is 0.156. The molecule has 28 heavy (non-hydrogen) atoms. The maximum absolute atomic E-state index is 13.1. The van der Waals surface area contributed by atoms with Crippen LogP contribution in [0.2, 0.25) is 0 Å². The zero-order valence-corrected chi connectivity index (χ0v) is 17.5. The van der Waals surface area contributed by atoms with Crippen molar-refractivity contribution in [3.8, 4) is 5.75 Å². The Kier molecular flexibility index (Phi) is 8.30. The van der Waals surface area contributed by atoms with E-state index in [2.05, 4.69) is 19.2 Å². The molecule has 1 aromatic rings. The topological polar surface area (TPSA) is 73.9 Å². The molecule has 1 N–H and O–H groups in total. The van der Waals surface area contributed by atoms with Gasteiger partial charge in [0.1, 0.15) is 16.9 Å². The molecule has 2 rings (SSSR count). The summed E-state index contributed by atoms with van der Waals surface area (Å²) in [5.74, 6) is 0.250. The predicted octanol–water partition coefficient (Wildman–Crippen LogP) is 4.58. The fourth-order valence-corrected chi connectivity index (χ4v) is 3.76. The molecule has 0 heterocycles. The Morgan fingerprint density at radius 3 is 2.71 bits per heavy atom. The minimum atomic E-state index is -0.811. The molecule has 0 aromatic heterocycles. The van der Waals surface area contributed by atoms with Crippen LogP contribution >= 0.6 is 0 Å². The second kappa shape index (κ2) is 10.5. The summed E-state index contributed by atoms with van der Waals surface area (Å²) in [6.45, 7) is 7.14. The third kappa shape index (κ3) is 5.47. The van der Waals surface area contributed by atoms with E-state index in [4.69, 9.17) is 14.2 Å². The van der Waals surface area contributed by atoms with E-state index in [-0.39, 0.29) is 5.91 Å². The van der Waals surface area contributed by atoms with E-state index in [1.165, 1.54) is 7.11 Å². The van der Waals surface area contributed by atoms with Gasteiger partial charge in [0.05, 0.1) is 13.7 Å². The number of carbonyl (C=O) groups is 2. The molecule has 0 saturated heterocycles. The second-order valence-electron chi connectivity index (χ2n) is 7.49. The van der Waals surface area contributed by atoms with Crippen molar-refractivity contribution < 1.29 is 23.8 Å². The fourth-order valence-electron chi connectivity index (χ4n) is 3.76. The summed E-state index contributed by atoms with van der Waals surface area (Å²) in [7, 11) is 1.33. The molecule has 2 atom stereocenters. The van der Waals surface area contributed by atoms with Gasteiger partial charge in [-0.1, -0.05) is 26.7 Å². The van der Waals surface area contributed by atoms with Crippen LogP contribution < -0.4 is 10.1 Å². The van der Waals surface area contributed by atoms with Gasteiger partial charge in [0.15, 0.2) is 0 Å². The van der Waals surface area contributed by atoms with Gasteiger partial charge in [-0.3, -0.25) is 4.79 Å². The Morgan fingerprint density at radius 2 is 2.07 bits per heavy atom. The number of esters is 1. The van der Waals surface area contributed by atoms with Crippen molar-refractivity contribution in [1.82, 2.24) is 0 Å². The lowest BCUT2D eigenvalue weighted by atomic mass is 9.78. The molecule has 0 spiro atoms. The third-order valence-electron chi connectivity index (χ3n) is 5.19. The molecule has 1 saturated carbocycles. The number of hydrogen-bond donors (Lipinski definition) is 1. The lowest BCUT2D eigenvalue weighted by Gasteiger charge is -2.38. The third-order valence-corrected chi connectivity index (χ3v) is 5.19. The van der Waals surface area contributed by atoms with Crippen LogP contribution in [0.5, 0.6) is 5.75 Å². The maximum atomic E-state index is 13.1. The van der Waals surface area contributed by atoms with Gasteiger partial charge in [0, 0.05) is 12.3 Å². The van der Waals surface area contributed by atoms with Crippen molar-refractivity contribution in [2.45, 2.75) is 64.9 Å². The first-order valence-corrected chi connectivity index (χ1v) is 10.3. The SMILES string of the molecule is CCCCOc1ccc(NC(=O)[C@@]2(OCC)CCC[C@@H](C)C2)cc1C(=O)OC. The molecular weight excluding hydrogens is 358 g/mol. The van der Waals surface area contributed by atoms with Gasteiger partial charge < -0.3 is 19.5 Å². The first-order chi connectivity index (χ1) is 13.5. The Balaban J connectivity index is 2.21. The summed E-state index contributed by atoms with van der Waals surface area (Å²) in [6.07, 6.45) is 5.38. The number of hydrogen-bond acceptors (Lipinski definition) is 5. The summed E-state index contributed by atoms with van der Waals surface area (Å²) in [6, 6.07) is 5.06. The average molecular weight is 392 g/mol. The van der Waals surface area contributed by atoms with Crippen LogP contribution in [0, 0.1) is 5.92 Å². The van der Waals surface area contributed by atoms with Gasteiger partial charge in [-0.25, -0.2) is 4.79 Å². The molecule has 0 radical (unpaired) electrons. The predicted molar refractivity (Wildman–Crippen MR) is 109 cm³/mol. The number of nitrogens with one attached hydrogen (secondary N) is 1. The van der Waals surface area contributed by atoms with Gasteiger partial charge >= 0.3 is 5.97 Å². The molecule has 1 aliphatic carbocycles. The number of ether oxygens (including phenoxy) is 3. The van der Waals surface area contributed by atoms with Gasteiger partial charge in [-0.05, 0) is 56.7 Å². The van der Waals surface area contributed by atoms with Gasteiger partial charge in [-0.15, -0.1) is 0 Å². The molecule has 1 aromatic carbocycles. The highest BCUT2D eigenvalue weighted by molar-refractivity contribution is 5.99. The molecule has 6 heteroatoms. The zero-order valence-electron chi connectivity index (χ0n) is 17.5. The molecule has 1 aliphatic rings. The van der Waals surface area contributed by atoms with E-state index < -0.39 is 11.6 Å². The number of amides is 1. The number of unbranched alkanes of at least 4 members (excludes halogenated alkanes) is 1. The molecular formula is C22H33NO5. The lowest BCUT2D eigenvalue weighted by Crippen LogP contribution is -2.48. The summed E-state index contributed by atoms with van der Waals surface area (Å²) < 4.78 is 16.5. The average Bonchev–Trinajstić information content (AvgIpc) is 2.68. The van der Waals surface area contributed by atoms with Crippen LogP contribution in [0.15, 0.2) is 18.2 Å². The van der Waals surface area contributed by atoms with Gasteiger partial charge in [-0.2, -0.15) is 0 Å². The number of methoxy groups -OCH3 is 1. The number of rotatable bonds is 9. The summed E-state index contributed by atoms with van der Waals surface area (Å²) in [5.41, 5.74) is 0.0261. The Bertz CT molecular complexity index is 671. The maximum Gasteiger partial charge on any atom is 0.341 e. The molecule has 6 nitrogen and oxygen atoms in total. The van der Waals surface area contributed by atoms with E-state index in [0.29, 0.717) is 49.0 Å². The van der Waals surface area contributed by atoms with Gasteiger partial charge in [0.2, 0.25) is 0 Å². The van der Waals surface area contributed by atoms with E-state index in [0.717, 1.165) is 25.7 Å². The van der Waals surface area contributed by atoms with Crippen molar-refractivity contribution in [3.05, 3.63) is 23.8 Å². The molecule has 0 bridgehead atoms. The summed E-state index contributed by atoms with van der Waals surface area (Å²) in [5, 5.41) is 2.94. The van der Waals surface area contributed by atoms with E-state index in [9.17, 15) is 9.59 Å². The Hall–Kier alpha value is -2.08. The van der Waals surface area contributed by atoms with Crippen molar-refractivity contribution in [2.24, 2.45) is 5.92 Å². The van der Waals surface area contributed by atoms with E-state index >= 15 is 0 Å². The lowest BCUT2D eigenvalue weighted by molar-refractivity contribution is -0.147. The van der Waals surface area contributed by atoms with Crippen LogP contribution in [-0.4, -0.2) is 37.8 Å². The highest BCUT2D eigenvalue weighted by atomic mass is 16.5. The summed E-state index contributed by atoms with van der Waals surface area (Å²) in [4.78, 5) is 25.3. The van der Waals surface area contributed by atoms with Crippen LogP contribution in [0.25, 0.3) is 0 Å². The Labute approximate surface area is 167 Å². The van der Waals surface area contributed by atoms with Crippen molar-refractivity contribution >= 4 is 17.6 Å². The molecule has 156 valence electrons. The van der Waals surface area contributed by atoms with E-state index in [1.54, 1.807) is 18.2 Å². The molecule has 0 unspecified atom stereocenters. The van der Waals surface area contributed by atoms with Crippen molar-refractivity contribution in [1.29, 1.82) is 0 Å². The molecule has 1 amide bonds. The van der Waals surface area contributed by atoms with Crippen LogP contribution in [0.3, 0.4) is 0 Å². The summed E-state index contributed by atoms with van der Waals surface area (Å²) >= 11 is 0. The monoisotopic (exact) mass is 391 g/mol. The smallest absolute Gasteiger partial charge is 0.341 e. The first-order valence-electron chi connectivity index (χ1n) is 10.3. The fraction of sp³-hybridized carbons (Fsp3) is 0.636. The van der Waals surface area contributed by atoms with Crippen LogP contribution in [-0.2, 0) is 14.3 Å². The Morgan fingerprint density at radius 1 is 1.29 bits per heavy atom. The highest BCUT2D eigenvalue weighted by Crippen LogP contribution is 2.36. The van der Waals surface area contributed by atoms with Crippen molar-refractivity contribution in [2.75, 3.05) is 25.6 Å². The number of benzene rings is 1. The quantitative estimate of drug-likeness (QED) is 0.493. The van der Waals surface area contributed by atoms with Gasteiger partial charge in [0.25, 0.3) is 5.91 Å². The zero-order chi connectivity index (χ0) is 20.6. The second-order valence-corrected chi connectivity index (χ2v) is 7.49. The largest absolute Gasteiger partial charge is 0.493 e. The first kappa shape index (κ1) is 22.2. The minimum Gasteiger partial charge on any atom is -0.493 e. The van der Waals surface area contributed by atoms with Crippen LogP contribution in [0.1, 0.15) is 69.7 Å². The molecule has 1 fully saturated rings. The van der Waals surface area contributed by atoms with E-state index in [1.807, 2.05) is 6.92 Å². The normalized spacial score (nSPS) is 21.8. The van der Waals surface area contributed by atoms with Crippen molar-refractivity contribution in [3.63, 3.8) is 0 Å². The van der Waals surface area contributed by atoms with Crippen LogP contribution in [0.4, 0.5) is 5.69 Å².